The van der Waals surface area contributed by atoms with Crippen molar-refractivity contribution in [1.29, 1.82) is 0 Å². The van der Waals surface area contributed by atoms with Gasteiger partial charge >= 0.3 is 0 Å². The number of aliphatic hydroxyl groups excluding tert-OH is 1. The molecule has 0 bridgehead atoms. The maximum atomic E-state index is 8.81. The molecule has 88 valence electrons. The highest BCUT2D eigenvalue weighted by molar-refractivity contribution is 5.28. The van der Waals surface area contributed by atoms with E-state index >= 15 is 0 Å². The summed E-state index contributed by atoms with van der Waals surface area (Å²) in [4.78, 5) is 2.06. The summed E-state index contributed by atoms with van der Waals surface area (Å²) in [6.45, 7) is 5.81. The standard InChI is InChI=1S/C13H19NO2/c1-3-9-16-13-6-4-5-12(10-13)11-14(2)7-8-15/h3-6,10,15H,1,7-9,11H2,2H3. The Balaban J connectivity index is 2.55. The number of benzene rings is 1. The normalized spacial score (nSPS) is 10.4. The Morgan fingerprint density at radius 2 is 2.31 bits per heavy atom. The van der Waals surface area contributed by atoms with Crippen molar-refractivity contribution in [1.82, 2.24) is 4.90 Å². The molecule has 3 heteroatoms. The molecule has 1 N–H and O–H groups in total. The van der Waals surface area contributed by atoms with E-state index < -0.39 is 0 Å². The van der Waals surface area contributed by atoms with Gasteiger partial charge in [-0.1, -0.05) is 24.8 Å². The first kappa shape index (κ1) is 12.7. The molecule has 1 aromatic carbocycles. The summed E-state index contributed by atoms with van der Waals surface area (Å²) in [5, 5.41) is 8.81. The SMILES string of the molecule is C=CCOc1cccc(CN(C)CCO)c1. The van der Waals surface area contributed by atoms with E-state index in [1.807, 2.05) is 25.2 Å². The van der Waals surface area contributed by atoms with Crippen LogP contribution in [0.4, 0.5) is 0 Å². The van der Waals surface area contributed by atoms with Gasteiger partial charge in [0.15, 0.2) is 0 Å². The minimum Gasteiger partial charge on any atom is -0.490 e. The van der Waals surface area contributed by atoms with Crippen molar-refractivity contribution in [2.24, 2.45) is 0 Å². The van der Waals surface area contributed by atoms with Crippen molar-refractivity contribution in [3.05, 3.63) is 42.5 Å². The van der Waals surface area contributed by atoms with Crippen LogP contribution in [0.1, 0.15) is 5.56 Å². The molecule has 0 saturated heterocycles. The average molecular weight is 221 g/mol. The fourth-order valence-corrected chi connectivity index (χ4v) is 1.45. The first-order valence-corrected chi connectivity index (χ1v) is 5.38. The van der Waals surface area contributed by atoms with Crippen molar-refractivity contribution in [3.63, 3.8) is 0 Å². The second kappa shape index (κ2) is 7.04. The van der Waals surface area contributed by atoms with E-state index in [0.717, 1.165) is 12.3 Å². The zero-order chi connectivity index (χ0) is 11.8. The zero-order valence-corrected chi connectivity index (χ0v) is 9.72. The molecular weight excluding hydrogens is 202 g/mol. The summed E-state index contributed by atoms with van der Waals surface area (Å²) in [7, 11) is 1.98. The second-order valence-electron chi connectivity index (χ2n) is 3.71. The van der Waals surface area contributed by atoms with Crippen molar-refractivity contribution >= 4 is 0 Å². The van der Waals surface area contributed by atoms with Crippen LogP contribution >= 0.6 is 0 Å². The molecular formula is C13H19NO2. The van der Waals surface area contributed by atoms with Gasteiger partial charge in [0.2, 0.25) is 0 Å². The van der Waals surface area contributed by atoms with Gasteiger partial charge in [0.05, 0.1) is 6.61 Å². The highest BCUT2D eigenvalue weighted by Crippen LogP contribution is 2.14. The van der Waals surface area contributed by atoms with Crippen molar-refractivity contribution in [2.75, 3.05) is 26.8 Å². The van der Waals surface area contributed by atoms with Gasteiger partial charge in [0.25, 0.3) is 0 Å². The fraction of sp³-hybridized carbons (Fsp3) is 0.385. The Morgan fingerprint density at radius 3 is 3.00 bits per heavy atom. The predicted octanol–water partition coefficient (Wildman–Crippen LogP) is 1.68. The van der Waals surface area contributed by atoms with E-state index in [-0.39, 0.29) is 6.61 Å². The van der Waals surface area contributed by atoms with Crippen LogP contribution in [0.3, 0.4) is 0 Å². The van der Waals surface area contributed by atoms with Crippen molar-refractivity contribution < 1.29 is 9.84 Å². The molecule has 0 amide bonds. The van der Waals surface area contributed by atoms with Gasteiger partial charge in [-0.3, -0.25) is 4.90 Å². The van der Waals surface area contributed by atoms with Crippen molar-refractivity contribution in [3.8, 4) is 5.75 Å². The molecule has 3 nitrogen and oxygen atoms in total. The topological polar surface area (TPSA) is 32.7 Å². The Hall–Kier alpha value is -1.32. The number of ether oxygens (including phenoxy) is 1. The van der Waals surface area contributed by atoms with Crippen LogP contribution in [0.15, 0.2) is 36.9 Å². The lowest BCUT2D eigenvalue weighted by Crippen LogP contribution is -2.21. The number of nitrogens with zero attached hydrogens (tertiary/aromatic N) is 1. The molecule has 0 aliphatic carbocycles. The highest BCUT2D eigenvalue weighted by Gasteiger charge is 2.00. The predicted molar refractivity (Wildman–Crippen MR) is 65.6 cm³/mol. The maximum Gasteiger partial charge on any atom is 0.120 e. The lowest BCUT2D eigenvalue weighted by atomic mass is 10.2. The minimum atomic E-state index is 0.184. The van der Waals surface area contributed by atoms with Crippen LogP contribution in [0, 0.1) is 0 Å². The third kappa shape index (κ3) is 4.47. The van der Waals surface area contributed by atoms with E-state index in [1.165, 1.54) is 5.56 Å². The molecule has 1 rings (SSSR count). The van der Waals surface area contributed by atoms with Gasteiger partial charge < -0.3 is 9.84 Å². The Labute approximate surface area is 97.0 Å². The molecule has 0 fully saturated rings. The van der Waals surface area contributed by atoms with E-state index in [4.69, 9.17) is 9.84 Å². The van der Waals surface area contributed by atoms with Gasteiger partial charge in [-0.15, -0.1) is 0 Å². The summed E-state index contributed by atoms with van der Waals surface area (Å²) in [5.41, 5.74) is 1.18. The zero-order valence-electron chi connectivity index (χ0n) is 9.72. The fourth-order valence-electron chi connectivity index (χ4n) is 1.45. The van der Waals surface area contributed by atoms with E-state index in [1.54, 1.807) is 6.08 Å². The summed E-state index contributed by atoms with van der Waals surface area (Å²) in [5.74, 6) is 0.856. The molecule has 0 aliphatic rings. The van der Waals surface area contributed by atoms with Crippen LogP contribution in [0.2, 0.25) is 0 Å². The molecule has 16 heavy (non-hydrogen) atoms. The highest BCUT2D eigenvalue weighted by atomic mass is 16.5. The first-order valence-electron chi connectivity index (χ1n) is 5.38. The largest absolute Gasteiger partial charge is 0.490 e. The van der Waals surface area contributed by atoms with Crippen LogP contribution in [-0.4, -0.2) is 36.8 Å². The maximum absolute atomic E-state index is 8.81. The molecule has 0 atom stereocenters. The minimum absolute atomic E-state index is 0.184. The van der Waals surface area contributed by atoms with Crippen molar-refractivity contribution in [2.45, 2.75) is 6.54 Å². The number of hydrogen-bond donors (Lipinski definition) is 1. The lowest BCUT2D eigenvalue weighted by molar-refractivity contribution is 0.217. The molecule has 0 aromatic heterocycles. The molecule has 1 aromatic rings. The number of rotatable bonds is 7. The third-order valence-electron chi connectivity index (χ3n) is 2.20. The van der Waals surface area contributed by atoms with Gasteiger partial charge in [-0.2, -0.15) is 0 Å². The average Bonchev–Trinajstić information content (AvgIpc) is 2.27. The van der Waals surface area contributed by atoms with Crippen LogP contribution in [-0.2, 0) is 6.54 Å². The summed E-state index contributed by atoms with van der Waals surface area (Å²) in [6.07, 6.45) is 1.73. The van der Waals surface area contributed by atoms with Gasteiger partial charge in [-0.25, -0.2) is 0 Å². The van der Waals surface area contributed by atoms with Crippen LogP contribution in [0.5, 0.6) is 5.75 Å². The third-order valence-corrected chi connectivity index (χ3v) is 2.20. The molecule has 0 unspecified atom stereocenters. The molecule has 0 heterocycles. The molecule has 0 radical (unpaired) electrons. The molecule has 0 spiro atoms. The van der Waals surface area contributed by atoms with Gasteiger partial charge in [0, 0.05) is 13.1 Å². The first-order chi connectivity index (χ1) is 7.76. The van der Waals surface area contributed by atoms with Crippen LogP contribution < -0.4 is 4.74 Å². The quantitative estimate of drug-likeness (QED) is 0.711. The molecule has 0 aliphatic heterocycles. The van der Waals surface area contributed by atoms with Gasteiger partial charge in [0.1, 0.15) is 12.4 Å². The summed E-state index contributed by atoms with van der Waals surface area (Å²) >= 11 is 0. The van der Waals surface area contributed by atoms with E-state index in [0.29, 0.717) is 13.2 Å². The van der Waals surface area contributed by atoms with E-state index in [9.17, 15) is 0 Å². The smallest absolute Gasteiger partial charge is 0.120 e. The number of aliphatic hydroxyl groups is 1. The number of hydrogen-bond acceptors (Lipinski definition) is 3. The Morgan fingerprint density at radius 1 is 1.50 bits per heavy atom. The number of likely N-dealkylation sites (N-methyl/N-ethyl adjacent to an activating group) is 1. The Bertz CT molecular complexity index is 325. The molecule has 0 saturated carbocycles. The Kier molecular flexibility index (Phi) is 5.61. The lowest BCUT2D eigenvalue weighted by Gasteiger charge is -2.15. The van der Waals surface area contributed by atoms with Gasteiger partial charge in [-0.05, 0) is 24.7 Å². The van der Waals surface area contributed by atoms with Crippen LogP contribution in [0.25, 0.3) is 0 Å². The monoisotopic (exact) mass is 221 g/mol. The second-order valence-corrected chi connectivity index (χ2v) is 3.71. The summed E-state index contributed by atoms with van der Waals surface area (Å²) in [6, 6.07) is 7.96. The summed E-state index contributed by atoms with van der Waals surface area (Å²) < 4.78 is 5.45. The van der Waals surface area contributed by atoms with E-state index in [2.05, 4.69) is 17.5 Å².